The van der Waals surface area contributed by atoms with Crippen molar-refractivity contribution in [2.24, 2.45) is 12.8 Å². The van der Waals surface area contributed by atoms with Gasteiger partial charge in [-0.2, -0.15) is 5.10 Å². The molecule has 0 saturated carbocycles. The van der Waals surface area contributed by atoms with Crippen LogP contribution in [0.15, 0.2) is 30.6 Å². The van der Waals surface area contributed by atoms with Crippen molar-refractivity contribution in [2.75, 3.05) is 0 Å². The Balaban J connectivity index is 2.37. The first kappa shape index (κ1) is 11.6. The highest BCUT2D eigenvalue weighted by Crippen LogP contribution is 2.31. The van der Waals surface area contributed by atoms with E-state index in [0.29, 0.717) is 11.3 Å². The van der Waals surface area contributed by atoms with Gasteiger partial charge in [0.1, 0.15) is 0 Å². The summed E-state index contributed by atoms with van der Waals surface area (Å²) in [6.07, 6.45) is 3.19. The molecule has 1 aromatic carbocycles. The highest BCUT2D eigenvalue weighted by molar-refractivity contribution is 5.39. The highest BCUT2D eigenvalue weighted by atomic mass is 19.1. The summed E-state index contributed by atoms with van der Waals surface area (Å²) in [5.41, 5.74) is 6.41. The molecule has 1 heterocycles. The molecule has 4 nitrogen and oxygen atoms in total. The summed E-state index contributed by atoms with van der Waals surface area (Å²) in [6, 6.07) is 4.42. The largest absolute Gasteiger partial charge is 0.451 e. The Morgan fingerprint density at radius 2 is 2.24 bits per heavy atom. The molecule has 17 heavy (non-hydrogen) atoms. The second kappa shape index (κ2) is 4.55. The Morgan fingerprint density at radius 3 is 2.82 bits per heavy atom. The van der Waals surface area contributed by atoms with Gasteiger partial charge < -0.3 is 10.5 Å². The van der Waals surface area contributed by atoms with E-state index < -0.39 is 5.82 Å². The number of nitrogens with two attached hydrogens (primary N) is 1. The normalized spacial score (nSPS) is 12.5. The molecule has 2 rings (SSSR count). The third-order valence-corrected chi connectivity index (χ3v) is 2.39. The number of halogens is 1. The Morgan fingerprint density at radius 1 is 1.47 bits per heavy atom. The van der Waals surface area contributed by atoms with Crippen molar-refractivity contribution < 1.29 is 9.13 Å². The van der Waals surface area contributed by atoms with Crippen LogP contribution in [0.1, 0.15) is 18.5 Å². The maximum absolute atomic E-state index is 13.7. The summed E-state index contributed by atoms with van der Waals surface area (Å²) in [6.45, 7) is 1.78. The fourth-order valence-electron chi connectivity index (χ4n) is 1.56. The van der Waals surface area contributed by atoms with Crippen molar-refractivity contribution in [1.82, 2.24) is 9.78 Å². The van der Waals surface area contributed by atoms with E-state index >= 15 is 0 Å². The summed E-state index contributed by atoms with van der Waals surface area (Å²) < 4.78 is 20.8. The number of ether oxygens (including phenoxy) is 1. The van der Waals surface area contributed by atoms with Gasteiger partial charge in [0, 0.05) is 18.7 Å². The topological polar surface area (TPSA) is 53.1 Å². The fourth-order valence-corrected chi connectivity index (χ4v) is 1.56. The summed E-state index contributed by atoms with van der Waals surface area (Å²) in [7, 11) is 1.76. The van der Waals surface area contributed by atoms with Crippen LogP contribution in [0.25, 0.3) is 0 Å². The van der Waals surface area contributed by atoms with Crippen LogP contribution in [0.2, 0.25) is 0 Å². The first-order valence-corrected chi connectivity index (χ1v) is 5.28. The maximum Gasteiger partial charge on any atom is 0.167 e. The molecule has 0 spiro atoms. The molecule has 1 atom stereocenters. The molecule has 0 radical (unpaired) electrons. The monoisotopic (exact) mass is 235 g/mol. The molecule has 0 aliphatic carbocycles. The molecule has 0 amide bonds. The fraction of sp³-hybridized carbons (Fsp3) is 0.250. The number of aryl methyl sites for hydroxylation is 1. The van der Waals surface area contributed by atoms with Crippen LogP contribution in [0, 0.1) is 5.82 Å². The average molecular weight is 235 g/mol. The van der Waals surface area contributed by atoms with Crippen LogP contribution in [0.5, 0.6) is 11.5 Å². The molecule has 0 fully saturated rings. The second-order valence-electron chi connectivity index (χ2n) is 3.90. The van der Waals surface area contributed by atoms with E-state index in [1.165, 1.54) is 12.3 Å². The van der Waals surface area contributed by atoms with Gasteiger partial charge in [0.15, 0.2) is 17.3 Å². The Bertz CT molecular complexity index is 522. The van der Waals surface area contributed by atoms with Crippen molar-refractivity contribution in [3.63, 3.8) is 0 Å². The molecular formula is C12H14FN3O. The lowest BCUT2D eigenvalue weighted by molar-refractivity contribution is 0.432. The number of hydrogen-bond acceptors (Lipinski definition) is 3. The lowest BCUT2D eigenvalue weighted by atomic mass is 10.1. The summed E-state index contributed by atoms with van der Waals surface area (Å²) in [4.78, 5) is 0. The predicted octanol–water partition coefficient (Wildman–Crippen LogP) is 2.37. The molecule has 90 valence electrons. The van der Waals surface area contributed by atoms with E-state index in [2.05, 4.69) is 5.10 Å². The number of hydrogen-bond donors (Lipinski definition) is 1. The summed E-state index contributed by atoms with van der Waals surface area (Å²) in [5.74, 6) is 0.221. The van der Waals surface area contributed by atoms with E-state index in [9.17, 15) is 4.39 Å². The molecule has 0 saturated heterocycles. The molecule has 5 heteroatoms. The Hall–Kier alpha value is -1.88. The van der Waals surface area contributed by atoms with Crippen LogP contribution in [0.4, 0.5) is 4.39 Å². The van der Waals surface area contributed by atoms with Gasteiger partial charge in [-0.15, -0.1) is 0 Å². The van der Waals surface area contributed by atoms with Crippen LogP contribution in [0.3, 0.4) is 0 Å². The second-order valence-corrected chi connectivity index (χ2v) is 3.90. The Labute approximate surface area is 98.8 Å². The quantitative estimate of drug-likeness (QED) is 0.888. The van der Waals surface area contributed by atoms with Gasteiger partial charge >= 0.3 is 0 Å². The van der Waals surface area contributed by atoms with Gasteiger partial charge in [-0.25, -0.2) is 4.39 Å². The predicted molar refractivity (Wildman–Crippen MR) is 62.3 cm³/mol. The summed E-state index contributed by atoms with van der Waals surface area (Å²) in [5, 5.41) is 3.95. The number of benzene rings is 1. The minimum atomic E-state index is -0.427. The average Bonchev–Trinajstić information content (AvgIpc) is 2.67. The van der Waals surface area contributed by atoms with Crippen LogP contribution in [-0.4, -0.2) is 9.78 Å². The number of aromatic nitrogens is 2. The van der Waals surface area contributed by atoms with Crippen LogP contribution in [-0.2, 0) is 7.05 Å². The molecule has 1 aromatic heterocycles. The van der Waals surface area contributed by atoms with E-state index in [1.54, 1.807) is 37.0 Å². The number of nitrogens with zero attached hydrogens (tertiary/aromatic N) is 2. The number of rotatable bonds is 3. The van der Waals surface area contributed by atoms with E-state index in [4.69, 9.17) is 10.5 Å². The number of para-hydroxylation sites is 1. The Kier molecular flexibility index (Phi) is 3.10. The third-order valence-electron chi connectivity index (χ3n) is 2.39. The SMILES string of the molecule is CC(N)c1cccc(F)c1Oc1cnn(C)c1. The lowest BCUT2D eigenvalue weighted by Crippen LogP contribution is -2.07. The van der Waals surface area contributed by atoms with Crippen LogP contribution >= 0.6 is 0 Å². The van der Waals surface area contributed by atoms with Gasteiger partial charge in [-0.3, -0.25) is 4.68 Å². The molecule has 2 aromatic rings. The van der Waals surface area contributed by atoms with Crippen molar-refractivity contribution >= 4 is 0 Å². The van der Waals surface area contributed by atoms with Gasteiger partial charge in [-0.05, 0) is 13.0 Å². The van der Waals surface area contributed by atoms with Gasteiger partial charge in [0.25, 0.3) is 0 Å². The van der Waals surface area contributed by atoms with Crippen molar-refractivity contribution in [3.8, 4) is 11.5 Å². The van der Waals surface area contributed by atoms with E-state index in [1.807, 2.05) is 0 Å². The molecule has 1 unspecified atom stereocenters. The van der Waals surface area contributed by atoms with Gasteiger partial charge in [-0.1, -0.05) is 12.1 Å². The minimum Gasteiger partial charge on any atom is -0.451 e. The van der Waals surface area contributed by atoms with Crippen LogP contribution < -0.4 is 10.5 Å². The van der Waals surface area contributed by atoms with Gasteiger partial charge in [0.2, 0.25) is 0 Å². The standard InChI is InChI=1S/C12H14FN3O/c1-8(14)10-4-3-5-11(13)12(10)17-9-6-15-16(2)7-9/h3-8H,14H2,1-2H3. The highest BCUT2D eigenvalue weighted by Gasteiger charge is 2.14. The molecular weight excluding hydrogens is 221 g/mol. The maximum atomic E-state index is 13.7. The van der Waals surface area contributed by atoms with E-state index in [0.717, 1.165) is 0 Å². The zero-order valence-corrected chi connectivity index (χ0v) is 9.72. The minimum absolute atomic E-state index is 0.163. The van der Waals surface area contributed by atoms with E-state index in [-0.39, 0.29) is 11.8 Å². The zero-order chi connectivity index (χ0) is 12.4. The smallest absolute Gasteiger partial charge is 0.167 e. The van der Waals surface area contributed by atoms with Crippen molar-refractivity contribution in [2.45, 2.75) is 13.0 Å². The molecule has 2 N–H and O–H groups in total. The zero-order valence-electron chi connectivity index (χ0n) is 9.72. The molecule has 0 aliphatic heterocycles. The first-order chi connectivity index (χ1) is 8.08. The van der Waals surface area contributed by atoms with Crippen molar-refractivity contribution in [3.05, 3.63) is 42.0 Å². The van der Waals surface area contributed by atoms with Crippen molar-refractivity contribution in [1.29, 1.82) is 0 Å². The third kappa shape index (κ3) is 2.45. The molecule has 0 aliphatic rings. The lowest BCUT2D eigenvalue weighted by Gasteiger charge is -2.13. The van der Waals surface area contributed by atoms with Gasteiger partial charge in [0.05, 0.1) is 12.4 Å². The summed E-state index contributed by atoms with van der Waals surface area (Å²) >= 11 is 0. The molecule has 0 bridgehead atoms. The first-order valence-electron chi connectivity index (χ1n) is 5.28.